The summed E-state index contributed by atoms with van der Waals surface area (Å²) in [5, 5.41) is 0. The largest absolute Gasteiger partial charge is 0.435 e. The summed E-state index contributed by atoms with van der Waals surface area (Å²) in [4.78, 5) is 27.0. The minimum Gasteiger partial charge on any atom is -0.435 e. The molecule has 3 heterocycles. The van der Waals surface area contributed by atoms with Crippen LogP contribution >= 0.6 is 0 Å². The first-order valence-electron chi connectivity index (χ1n) is 8.37. The molecule has 24 heavy (non-hydrogen) atoms. The Bertz CT molecular complexity index is 720. The van der Waals surface area contributed by atoms with Crippen LogP contribution in [0.15, 0.2) is 30.7 Å². The molecule has 0 bridgehead atoms. The molecule has 1 atom stereocenters. The smallest absolute Gasteiger partial charge is 0.241 e. The maximum Gasteiger partial charge on any atom is 0.241 e. The van der Waals surface area contributed by atoms with Crippen LogP contribution in [0.5, 0.6) is 11.6 Å². The molecule has 1 aliphatic rings. The van der Waals surface area contributed by atoms with Crippen molar-refractivity contribution in [3.05, 3.63) is 42.1 Å². The van der Waals surface area contributed by atoms with Crippen LogP contribution in [0.3, 0.4) is 0 Å². The molecule has 0 spiro atoms. The number of pyridine rings is 1. The molecule has 6 nitrogen and oxygen atoms in total. The topological polar surface area (TPSA) is 68.2 Å². The summed E-state index contributed by atoms with van der Waals surface area (Å²) < 4.78 is 5.98. The van der Waals surface area contributed by atoms with Gasteiger partial charge in [-0.15, -0.1) is 0 Å². The molecule has 2 aromatic rings. The van der Waals surface area contributed by atoms with Crippen molar-refractivity contribution in [2.45, 2.75) is 39.0 Å². The molecule has 0 N–H and O–H groups in total. The third-order valence-electron chi connectivity index (χ3n) is 4.32. The lowest BCUT2D eigenvalue weighted by atomic mass is 9.94. The standard InChI is InChI=1S/C18H22N4O2/c1-3-16(23)22-11-5-6-14(12-22)17-18(21-10-9-20-17)24-15-7-4-8-19-13(15)2/h4,7-10,14H,3,5-6,11-12H2,1-2H3/t14-/m0/s1. The van der Waals surface area contributed by atoms with E-state index in [9.17, 15) is 4.79 Å². The average molecular weight is 326 g/mol. The summed E-state index contributed by atoms with van der Waals surface area (Å²) in [6, 6.07) is 3.70. The first-order valence-corrected chi connectivity index (χ1v) is 8.37. The Hall–Kier alpha value is -2.50. The van der Waals surface area contributed by atoms with Gasteiger partial charge in [0.15, 0.2) is 5.75 Å². The first kappa shape index (κ1) is 16.4. The lowest BCUT2D eigenvalue weighted by Crippen LogP contribution is -2.39. The molecule has 6 heteroatoms. The minimum atomic E-state index is 0.148. The molecule has 0 saturated carbocycles. The molecule has 1 aliphatic heterocycles. The maximum absolute atomic E-state index is 12.0. The van der Waals surface area contributed by atoms with Gasteiger partial charge < -0.3 is 9.64 Å². The number of hydrogen-bond acceptors (Lipinski definition) is 5. The Labute approximate surface area is 141 Å². The van der Waals surface area contributed by atoms with E-state index < -0.39 is 0 Å². The Kier molecular flexibility index (Phi) is 5.03. The third kappa shape index (κ3) is 3.53. The zero-order chi connectivity index (χ0) is 16.9. The predicted molar refractivity (Wildman–Crippen MR) is 89.9 cm³/mol. The van der Waals surface area contributed by atoms with Gasteiger partial charge in [0.05, 0.1) is 5.69 Å². The zero-order valence-corrected chi connectivity index (χ0v) is 14.1. The molecule has 0 unspecified atom stereocenters. The molecule has 0 aliphatic carbocycles. The summed E-state index contributed by atoms with van der Waals surface area (Å²) >= 11 is 0. The molecular weight excluding hydrogens is 304 g/mol. The molecular formula is C18H22N4O2. The van der Waals surface area contributed by atoms with Gasteiger partial charge in [0, 0.05) is 44.0 Å². The molecule has 1 fully saturated rings. The molecule has 0 radical (unpaired) electrons. The second kappa shape index (κ2) is 7.38. The number of aryl methyl sites for hydroxylation is 1. The summed E-state index contributed by atoms with van der Waals surface area (Å²) in [5.41, 5.74) is 1.62. The number of hydrogen-bond donors (Lipinski definition) is 0. The van der Waals surface area contributed by atoms with Crippen molar-refractivity contribution in [1.82, 2.24) is 19.9 Å². The fourth-order valence-corrected chi connectivity index (χ4v) is 3.03. The van der Waals surface area contributed by atoms with Gasteiger partial charge in [-0.05, 0) is 31.9 Å². The van der Waals surface area contributed by atoms with Gasteiger partial charge in [0.2, 0.25) is 11.8 Å². The minimum absolute atomic E-state index is 0.148. The van der Waals surface area contributed by atoms with Gasteiger partial charge in [-0.1, -0.05) is 6.92 Å². The van der Waals surface area contributed by atoms with Crippen molar-refractivity contribution in [2.75, 3.05) is 13.1 Å². The van der Waals surface area contributed by atoms with Crippen LogP contribution in [-0.2, 0) is 4.79 Å². The van der Waals surface area contributed by atoms with E-state index in [1.54, 1.807) is 18.6 Å². The summed E-state index contributed by atoms with van der Waals surface area (Å²) in [6.45, 7) is 5.29. The SMILES string of the molecule is CCC(=O)N1CCC[C@H](c2nccnc2Oc2cccnc2C)C1. The number of piperidine rings is 1. The Morgan fingerprint density at radius 3 is 2.92 bits per heavy atom. The van der Waals surface area contributed by atoms with E-state index in [1.165, 1.54) is 0 Å². The van der Waals surface area contributed by atoms with Crippen molar-refractivity contribution in [2.24, 2.45) is 0 Å². The van der Waals surface area contributed by atoms with Crippen molar-refractivity contribution in [3.8, 4) is 11.6 Å². The van der Waals surface area contributed by atoms with Gasteiger partial charge in [0.25, 0.3) is 0 Å². The number of likely N-dealkylation sites (tertiary alicyclic amines) is 1. The summed E-state index contributed by atoms with van der Waals surface area (Å²) in [7, 11) is 0. The Balaban J connectivity index is 1.84. The second-order valence-electron chi connectivity index (χ2n) is 5.97. The van der Waals surface area contributed by atoms with Crippen LogP contribution < -0.4 is 4.74 Å². The number of carbonyl (C=O) groups is 1. The van der Waals surface area contributed by atoms with E-state index in [0.717, 1.165) is 30.8 Å². The Morgan fingerprint density at radius 1 is 1.29 bits per heavy atom. The van der Waals surface area contributed by atoms with Crippen LogP contribution in [0.4, 0.5) is 0 Å². The quantitative estimate of drug-likeness (QED) is 0.863. The maximum atomic E-state index is 12.0. The van der Waals surface area contributed by atoms with E-state index in [2.05, 4.69) is 15.0 Å². The molecule has 2 aromatic heterocycles. The van der Waals surface area contributed by atoms with Gasteiger partial charge in [0.1, 0.15) is 5.69 Å². The van der Waals surface area contributed by atoms with E-state index in [1.807, 2.05) is 30.9 Å². The van der Waals surface area contributed by atoms with Gasteiger partial charge in [-0.25, -0.2) is 4.98 Å². The molecule has 3 rings (SSSR count). The van der Waals surface area contributed by atoms with Crippen molar-refractivity contribution < 1.29 is 9.53 Å². The lowest BCUT2D eigenvalue weighted by molar-refractivity contribution is -0.132. The molecule has 1 saturated heterocycles. The summed E-state index contributed by atoms with van der Waals surface area (Å²) in [6.07, 6.45) is 7.52. The van der Waals surface area contributed by atoms with Crippen LogP contribution in [0.1, 0.15) is 43.5 Å². The number of nitrogens with zero attached hydrogens (tertiary/aromatic N) is 4. The number of carbonyl (C=O) groups excluding carboxylic acids is 1. The van der Waals surface area contributed by atoms with E-state index >= 15 is 0 Å². The monoisotopic (exact) mass is 326 g/mol. The fraction of sp³-hybridized carbons (Fsp3) is 0.444. The number of rotatable bonds is 4. The molecule has 0 aromatic carbocycles. The van der Waals surface area contributed by atoms with E-state index in [0.29, 0.717) is 24.6 Å². The highest BCUT2D eigenvalue weighted by Crippen LogP contribution is 2.33. The van der Waals surface area contributed by atoms with E-state index in [-0.39, 0.29) is 11.8 Å². The Morgan fingerprint density at radius 2 is 2.12 bits per heavy atom. The second-order valence-corrected chi connectivity index (χ2v) is 5.97. The van der Waals surface area contributed by atoms with Gasteiger partial charge in [-0.3, -0.25) is 14.8 Å². The van der Waals surface area contributed by atoms with E-state index in [4.69, 9.17) is 4.74 Å². The fourth-order valence-electron chi connectivity index (χ4n) is 3.03. The zero-order valence-electron chi connectivity index (χ0n) is 14.1. The summed E-state index contributed by atoms with van der Waals surface area (Å²) in [5.74, 6) is 1.52. The van der Waals surface area contributed by atoms with Gasteiger partial charge in [-0.2, -0.15) is 0 Å². The van der Waals surface area contributed by atoms with Crippen LogP contribution in [0, 0.1) is 6.92 Å². The molecule has 126 valence electrons. The highest BCUT2D eigenvalue weighted by molar-refractivity contribution is 5.76. The third-order valence-corrected chi connectivity index (χ3v) is 4.32. The lowest BCUT2D eigenvalue weighted by Gasteiger charge is -2.32. The number of ether oxygens (including phenoxy) is 1. The van der Waals surface area contributed by atoms with Crippen molar-refractivity contribution in [3.63, 3.8) is 0 Å². The highest BCUT2D eigenvalue weighted by Gasteiger charge is 2.27. The molecule has 1 amide bonds. The number of amides is 1. The highest BCUT2D eigenvalue weighted by atomic mass is 16.5. The normalized spacial score (nSPS) is 17.6. The van der Waals surface area contributed by atoms with Gasteiger partial charge >= 0.3 is 0 Å². The van der Waals surface area contributed by atoms with Crippen molar-refractivity contribution in [1.29, 1.82) is 0 Å². The average Bonchev–Trinajstić information content (AvgIpc) is 2.63. The van der Waals surface area contributed by atoms with Crippen LogP contribution in [0.25, 0.3) is 0 Å². The van der Waals surface area contributed by atoms with Crippen LogP contribution in [-0.4, -0.2) is 38.8 Å². The van der Waals surface area contributed by atoms with Crippen molar-refractivity contribution >= 4 is 5.91 Å². The first-order chi connectivity index (χ1) is 11.7. The predicted octanol–water partition coefficient (Wildman–Crippen LogP) is 3.09. The van der Waals surface area contributed by atoms with Crippen LogP contribution in [0.2, 0.25) is 0 Å². The number of aromatic nitrogens is 3.